The van der Waals surface area contributed by atoms with E-state index in [1.807, 2.05) is 6.07 Å². The van der Waals surface area contributed by atoms with Crippen molar-refractivity contribution in [2.45, 2.75) is 38.8 Å². The summed E-state index contributed by atoms with van der Waals surface area (Å²) in [7, 11) is 1.64. The normalized spacial score (nSPS) is 18.9. The van der Waals surface area contributed by atoms with Crippen molar-refractivity contribution < 1.29 is 9.84 Å². The number of ether oxygens (including phenoxy) is 1. The summed E-state index contributed by atoms with van der Waals surface area (Å²) >= 11 is 0. The van der Waals surface area contributed by atoms with Gasteiger partial charge in [-0.1, -0.05) is 0 Å². The number of methoxy groups -OCH3 is 1. The average molecular weight is 278 g/mol. The van der Waals surface area contributed by atoms with Gasteiger partial charge >= 0.3 is 0 Å². The molecule has 4 heteroatoms. The van der Waals surface area contributed by atoms with Crippen molar-refractivity contribution >= 4 is 0 Å². The average Bonchev–Trinajstić information content (AvgIpc) is 2.99. The molecule has 0 bridgehead atoms. The van der Waals surface area contributed by atoms with Gasteiger partial charge in [0.25, 0.3) is 0 Å². The van der Waals surface area contributed by atoms with E-state index in [1.54, 1.807) is 19.2 Å². The van der Waals surface area contributed by atoms with Gasteiger partial charge in [-0.15, -0.1) is 0 Å². The molecule has 1 aliphatic heterocycles. The zero-order valence-corrected chi connectivity index (χ0v) is 12.7. The molecule has 2 unspecified atom stereocenters. The first-order valence-corrected chi connectivity index (χ1v) is 7.46. The summed E-state index contributed by atoms with van der Waals surface area (Å²) in [6.07, 6.45) is 2.63. The zero-order valence-electron chi connectivity index (χ0n) is 12.7. The monoisotopic (exact) mass is 278 g/mol. The summed E-state index contributed by atoms with van der Waals surface area (Å²) in [6.45, 7) is 7.68. The standard InChI is InChI=1S/C16H26N2O2/c1-12(18-8-4-5-9-18)11-17-13(2)15-10-14(20-3)6-7-16(15)19/h6-7,10,12-13,17,19H,4-5,8-9,11H2,1-3H3. The van der Waals surface area contributed by atoms with E-state index in [9.17, 15) is 5.11 Å². The van der Waals surface area contributed by atoms with Gasteiger partial charge in [0, 0.05) is 24.2 Å². The van der Waals surface area contributed by atoms with E-state index in [2.05, 4.69) is 24.1 Å². The Balaban J connectivity index is 1.92. The number of hydrogen-bond donors (Lipinski definition) is 2. The minimum absolute atomic E-state index is 0.107. The molecule has 2 rings (SSSR count). The quantitative estimate of drug-likeness (QED) is 0.839. The molecule has 0 aromatic heterocycles. The second kappa shape index (κ2) is 6.95. The molecule has 2 atom stereocenters. The van der Waals surface area contributed by atoms with Crippen LogP contribution in [0.25, 0.3) is 0 Å². The molecule has 1 heterocycles. The molecule has 0 saturated carbocycles. The smallest absolute Gasteiger partial charge is 0.120 e. The number of phenols is 1. The Bertz CT molecular complexity index is 430. The molecule has 1 aromatic rings. The Hall–Kier alpha value is -1.26. The highest BCUT2D eigenvalue weighted by Gasteiger charge is 2.19. The maximum absolute atomic E-state index is 9.97. The number of benzene rings is 1. The van der Waals surface area contributed by atoms with Crippen molar-refractivity contribution in [3.63, 3.8) is 0 Å². The fourth-order valence-electron chi connectivity index (χ4n) is 2.78. The Morgan fingerprint density at radius 1 is 1.30 bits per heavy atom. The van der Waals surface area contributed by atoms with Crippen LogP contribution in [0.3, 0.4) is 0 Å². The van der Waals surface area contributed by atoms with Crippen molar-refractivity contribution in [3.8, 4) is 11.5 Å². The van der Waals surface area contributed by atoms with Crippen LogP contribution >= 0.6 is 0 Å². The van der Waals surface area contributed by atoms with E-state index in [-0.39, 0.29) is 6.04 Å². The minimum Gasteiger partial charge on any atom is -0.508 e. The van der Waals surface area contributed by atoms with Gasteiger partial charge in [0.15, 0.2) is 0 Å². The topological polar surface area (TPSA) is 44.7 Å². The molecule has 0 aliphatic carbocycles. The summed E-state index contributed by atoms with van der Waals surface area (Å²) in [6, 6.07) is 6.00. The second-order valence-corrected chi connectivity index (χ2v) is 5.65. The molecule has 0 spiro atoms. The highest BCUT2D eigenvalue weighted by Crippen LogP contribution is 2.28. The predicted octanol–water partition coefficient (Wildman–Crippen LogP) is 2.54. The summed E-state index contributed by atoms with van der Waals surface area (Å²) in [5.41, 5.74) is 0.887. The number of rotatable bonds is 6. The van der Waals surface area contributed by atoms with E-state index < -0.39 is 0 Å². The third kappa shape index (κ3) is 3.64. The van der Waals surface area contributed by atoms with Crippen molar-refractivity contribution in [3.05, 3.63) is 23.8 Å². The third-order valence-electron chi connectivity index (χ3n) is 4.18. The van der Waals surface area contributed by atoms with E-state index >= 15 is 0 Å². The lowest BCUT2D eigenvalue weighted by atomic mass is 10.1. The van der Waals surface area contributed by atoms with Gasteiger partial charge in [-0.3, -0.25) is 4.90 Å². The molecular weight excluding hydrogens is 252 g/mol. The molecule has 2 N–H and O–H groups in total. The summed E-state index contributed by atoms with van der Waals surface area (Å²) in [5, 5.41) is 13.5. The van der Waals surface area contributed by atoms with E-state index in [0.717, 1.165) is 17.9 Å². The van der Waals surface area contributed by atoms with E-state index in [4.69, 9.17) is 4.74 Å². The van der Waals surface area contributed by atoms with Crippen molar-refractivity contribution in [2.24, 2.45) is 0 Å². The minimum atomic E-state index is 0.107. The summed E-state index contributed by atoms with van der Waals surface area (Å²) in [5.74, 6) is 1.10. The van der Waals surface area contributed by atoms with Crippen LogP contribution in [0.4, 0.5) is 0 Å². The lowest BCUT2D eigenvalue weighted by molar-refractivity contribution is 0.246. The zero-order chi connectivity index (χ0) is 14.5. The molecule has 0 amide bonds. The van der Waals surface area contributed by atoms with Crippen LogP contribution in [0.5, 0.6) is 11.5 Å². The van der Waals surface area contributed by atoms with Crippen LogP contribution in [0.1, 0.15) is 38.3 Å². The van der Waals surface area contributed by atoms with Gasteiger partial charge < -0.3 is 15.2 Å². The van der Waals surface area contributed by atoms with Crippen LogP contribution < -0.4 is 10.1 Å². The fourth-order valence-corrected chi connectivity index (χ4v) is 2.78. The van der Waals surface area contributed by atoms with Crippen LogP contribution in [0.15, 0.2) is 18.2 Å². The Labute approximate surface area is 121 Å². The lowest BCUT2D eigenvalue weighted by Crippen LogP contribution is -2.39. The van der Waals surface area contributed by atoms with Crippen LogP contribution in [-0.2, 0) is 0 Å². The molecule has 1 saturated heterocycles. The van der Waals surface area contributed by atoms with Gasteiger partial charge in [-0.25, -0.2) is 0 Å². The first kappa shape index (κ1) is 15.1. The molecule has 1 aromatic carbocycles. The Morgan fingerprint density at radius 2 is 2.00 bits per heavy atom. The van der Waals surface area contributed by atoms with Gasteiger partial charge in [-0.05, 0) is 58.0 Å². The second-order valence-electron chi connectivity index (χ2n) is 5.65. The van der Waals surface area contributed by atoms with Gasteiger partial charge in [0.2, 0.25) is 0 Å². The molecule has 1 aliphatic rings. The number of aromatic hydroxyl groups is 1. The highest BCUT2D eigenvalue weighted by molar-refractivity contribution is 5.41. The maximum Gasteiger partial charge on any atom is 0.120 e. The van der Waals surface area contributed by atoms with Crippen molar-refractivity contribution in [1.82, 2.24) is 10.2 Å². The van der Waals surface area contributed by atoms with E-state index in [1.165, 1.54) is 25.9 Å². The molecule has 4 nitrogen and oxygen atoms in total. The van der Waals surface area contributed by atoms with Crippen molar-refractivity contribution in [1.29, 1.82) is 0 Å². The Kier molecular flexibility index (Phi) is 5.26. The number of likely N-dealkylation sites (tertiary alicyclic amines) is 1. The third-order valence-corrected chi connectivity index (χ3v) is 4.18. The summed E-state index contributed by atoms with van der Waals surface area (Å²) in [4.78, 5) is 2.52. The molecular formula is C16H26N2O2. The molecule has 112 valence electrons. The fraction of sp³-hybridized carbons (Fsp3) is 0.625. The highest BCUT2D eigenvalue weighted by atomic mass is 16.5. The number of nitrogens with zero attached hydrogens (tertiary/aromatic N) is 1. The number of phenolic OH excluding ortho intramolecular Hbond substituents is 1. The Morgan fingerprint density at radius 3 is 2.65 bits per heavy atom. The van der Waals surface area contributed by atoms with Gasteiger partial charge in [0.1, 0.15) is 11.5 Å². The predicted molar refractivity (Wildman–Crippen MR) is 81.3 cm³/mol. The van der Waals surface area contributed by atoms with Crippen LogP contribution in [-0.4, -0.2) is 42.8 Å². The maximum atomic E-state index is 9.97. The first-order valence-electron chi connectivity index (χ1n) is 7.46. The van der Waals surface area contributed by atoms with Crippen LogP contribution in [0, 0.1) is 0 Å². The first-order chi connectivity index (χ1) is 9.61. The number of nitrogens with one attached hydrogen (secondary N) is 1. The summed E-state index contributed by atoms with van der Waals surface area (Å²) < 4.78 is 5.22. The van der Waals surface area contributed by atoms with E-state index in [0.29, 0.717) is 11.8 Å². The lowest BCUT2D eigenvalue weighted by Gasteiger charge is -2.26. The number of hydrogen-bond acceptors (Lipinski definition) is 4. The molecule has 20 heavy (non-hydrogen) atoms. The van der Waals surface area contributed by atoms with Gasteiger partial charge in [-0.2, -0.15) is 0 Å². The molecule has 1 fully saturated rings. The largest absolute Gasteiger partial charge is 0.508 e. The van der Waals surface area contributed by atoms with Crippen molar-refractivity contribution in [2.75, 3.05) is 26.7 Å². The SMILES string of the molecule is COc1ccc(O)c(C(C)NCC(C)N2CCCC2)c1. The van der Waals surface area contributed by atoms with Crippen LogP contribution in [0.2, 0.25) is 0 Å². The molecule has 0 radical (unpaired) electrons. The van der Waals surface area contributed by atoms with Gasteiger partial charge in [0.05, 0.1) is 7.11 Å².